The first-order valence-electron chi connectivity index (χ1n) is 7.25. The van der Waals surface area contributed by atoms with Crippen molar-refractivity contribution in [3.8, 4) is 5.75 Å². The summed E-state index contributed by atoms with van der Waals surface area (Å²) in [5.74, 6) is 5.48. The predicted molar refractivity (Wildman–Crippen MR) is 92.9 cm³/mol. The van der Waals surface area contributed by atoms with Crippen molar-refractivity contribution >= 4 is 17.3 Å². The normalized spacial score (nSPS) is 10.5. The Kier molecular flexibility index (Phi) is 6.16. The Morgan fingerprint density at radius 2 is 1.30 bits per heavy atom. The number of rotatable bonds is 2. The number of aromatic hydroxyl groups is 1. The van der Waals surface area contributed by atoms with Gasteiger partial charge in [0, 0.05) is 6.92 Å². The number of benzene rings is 2. The van der Waals surface area contributed by atoms with Crippen LogP contribution in [0.15, 0.2) is 48.5 Å². The van der Waals surface area contributed by atoms with Crippen molar-refractivity contribution in [2.75, 3.05) is 5.01 Å². The quantitative estimate of drug-likeness (QED) is 0.579. The van der Waals surface area contributed by atoms with Crippen LogP contribution in [0.4, 0.5) is 11.4 Å². The van der Waals surface area contributed by atoms with Crippen LogP contribution >= 0.6 is 0 Å². The van der Waals surface area contributed by atoms with Crippen LogP contribution in [0.1, 0.15) is 33.3 Å². The van der Waals surface area contributed by atoms with E-state index in [-0.39, 0.29) is 11.2 Å². The fourth-order valence-electron chi connectivity index (χ4n) is 1.88. The number of hydrogen-bond acceptors (Lipinski definition) is 4. The van der Waals surface area contributed by atoms with E-state index >= 15 is 0 Å². The predicted octanol–water partition coefficient (Wildman–Crippen LogP) is 3.79. The Morgan fingerprint density at radius 1 is 0.957 bits per heavy atom. The fourth-order valence-corrected chi connectivity index (χ4v) is 1.88. The number of carboxylic acid groups (broad SMARTS) is 1. The van der Waals surface area contributed by atoms with Crippen molar-refractivity contribution in [2.45, 2.75) is 33.1 Å². The molecular formula is C18H24N2O3. The van der Waals surface area contributed by atoms with Crippen LogP contribution in [-0.4, -0.2) is 16.2 Å². The fraction of sp³-hybridized carbons (Fsp3) is 0.278. The van der Waals surface area contributed by atoms with Gasteiger partial charge < -0.3 is 10.2 Å². The number of carbonyl (C=O) groups is 1. The number of hydrogen-bond donors (Lipinski definition) is 3. The molecule has 0 amide bonds. The summed E-state index contributed by atoms with van der Waals surface area (Å²) < 4.78 is 0. The number of aliphatic carboxylic acids is 1. The molecule has 0 aliphatic rings. The van der Waals surface area contributed by atoms with Gasteiger partial charge in [-0.3, -0.25) is 9.80 Å². The average molecular weight is 316 g/mol. The van der Waals surface area contributed by atoms with Gasteiger partial charge in [0.25, 0.3) is 5.97 Å². The number of anilines is 2. The molecule has 0 aromatic heterocycles. The van der Waals surface area contributed by atoms with Gasteiger partial charge in [0.2, 0.25) is 0 Å². The number of carboxylic acids is 1. The first-order chi connectivity index (χ1) is 10.6. The van der Waals surface area contributed by atoms with E-state index in [1.165, 1.54) is 5.56 Å². The van der Waals surface area contributed by atoms with E-state index in [4.69, 9.17) is 15.7 Å². The minimum atomic E-state index is -0.833. The summed E-state index contributed by atoms with van der Waals surface area (Å²) in [5.41, 5.74) is 3.16. The lowest BCUT2D eigenvalue weighted by atomic mass is 9.87. The standard InChI is InChI=1S/C16H20N2O.C2H4O2/c1-16(2,3)12-4-6-13(7-5-12)18(17)14-8-10-15(19)11-9-14;1-2(3)4/h4-11,19H,17H2,1-3H3;1H3,(H,3,4). The molecule has 2 rings (SSSR count). The molecule has 124 valence electrons. The lowest BCUT2D eigenvalue weighted by Gasteiger charge is -2.22. The van der Waals surface area contributed by atoms with Gasteiger partial charge in [-0.15, -0.1) is 0 Å². The zero-order valence-electron chi connectivity index (χ0n) is 13.9. The number of nitrogens with two attached hydrogens (primary N) is 1. The molecule has 0 unspecified atom stereocenters. The molecule has 0 spiro atoms. The molecule has 0 aliphatic heterocycles. The van der Waals surface area contributed by atoms with Gasteiger partial charge in [0.15, 0.2) is 0 Å². The van der Waals surface area contributed by atoms with Crippen molar-refractivity contribution in [3.05, 3.63) is 54.1 Å². The van der Waals surface area contributed by atoms with Gasteiger partial charge in [0.05, 0.1) is 11.4 Å². The minimum absolute atomic E-state index is 0.135. The number of nitrogens with zero attached hydrogens (tertiary/aromatic N) is 1. The van der Waals surface area contributed by atoms with E-state index in [9.17, 15) is 5.11 Å². The second kappa shape index (κ2) is 7.65. The SMILES string of the molecule is CC(=O)O.CC(C)(C)c1ccc(N(N)c2ccc(O)cc2)cc1. The highest BCUT2D eigenvalue weighted by Crippen LogP contribution is 2.27. The molecule has 0 saturated heterocycles. The first kappa shape index (κ1) is 18.5. The Bertz CT molecular complexity index is 625. The zero-order valence-corrected chi connectivity index (χ0v) is 13.9. The number of phenolic OH excluding ortho intramolecular Hbond substituents is 1. The zero-order chi connectivity index (χ0) is 17.6. The maximum atomic E-state index is 9.28. The highest BCUT2D eigenvalue weighted by atomic mass is 16.4. The van der Waals surface area contributed by atoms with E-state index in [1.807, 2.05) is 12.1 Å². The van der Waals surface area contributed by atoms with Gasteiger partial charge in [-0.25, -0.2) is 5.84 Å². The van der Waals surface area contributed by atoms with Crippen LogP contribution in [0.3, 0.4) is 0 Å². The first-order valence-corrected chi connectivity index (χ1v) is 7.25. The molecule has 0 radical (unpaired) electrons. The van der Waals surface area contributed by atoms with Crippen LogP contribution in [0, 0.1) is 0 Å². The lowest BCUT2D eigenvalue weighted by Crippen LogP contribution is -2.24. The molecule has 0 saturated carbocycles. The Labute approximate surface area is 137 Å². The van der Waals surface area contributed by atoms with Gasteiger partial charge >= 0.3 is 0 Å². The minimum Gasteiger partial charge on any atom is -0.508 e. The Morgan fingerprint density at radius 3 is 1.65 bits per heavy atom. The number of hydrazine groups is 1. The summed E-state index contributed by atoms with van der Waals surface area (Å²) in [6.45, 7) is 7.63. The molecule has 2 aromatic carbocycles. The maximum absolute atomic E-state index is 9.28. The molecular weight excluding hydrogens is 292 g/mol. The van der Waals surface area contributed by atoms with Crippen LogP contribution in [0.5, 0.6) is 5.75 Å². The summed E-state index contributed by atoms with van der Waals surface area (Å²) in [5, 5.41) is 18.3. The highest BCUT2D eigenvalue weighted by Gasteiger charge is 2.13. The molecule has 5 heteroatoms. The summed E-state index contributed by atoms with van der Waals surface area (Å²) >= 11 is 0. The number of phenols is 1. The van der Waals surface area contributed by atoms with Crippen molar-refractivity contribution in [1.82, 2.24) is 0 Å². The Hall–Kier alpha value is -2.53. The van der Waals surface area contributed by atoms with Gasteiger partial charge in [-0.1, -0.05) is 32.9 Å². The van der Waals surface area contributed by atoms with Crippen molar-refractivity contribution in [3.63, 3.8) is 0 Å². The summed E-state index contributed by atoms with van der Waals surface area (Å²) in [7, 11) is 0. The third-order valence-electron chi connectivity index (χ3n) is 3.14. The Balaban J connectivity index is 0.000000593. The van der Waals surface area contributed by atoms with Crippen molar-refractivity contribution in [1.29, 1.82) is 0 Å². The van der Waals surface area contributed by atoms with E-state index < -0.39 is 5.97 Å². The largest absolute Gasteiger partial charge is 0.508 e. The molecule has 0 atom stereocenters. The van der Waals surface area contributed by atoms with Crippen LogP contribution < -0.4 is 10.9 Å². The summed E-state index contributed by atoms with van der Waals surface area (Å²) in [6.07, 6.45) is 0. The monoisotopic (exact) mass is 316 g/mol. The molecule has 23 heavy (non-hydrogen) atoms. The van der Waals surface area contributed by atoms with E-state index in [1.54, 1.807) is 29.3 Å². The highest BCUT2D eigenvalue weighted by molar-refractivity contribution is 5.63. The third-order valence-corrected chi connectivity index (χ3v) is 3.14. The third kappa shape index (κ3) is 6.00. The van der Waals surface area contributed by atoms with Gasteiger partial charge in [0.1, 0.15) is 5.75 Å². The van der Waals surface area contributed by atoms with Crippen LogP contribution in [0.25, 0.3) is 0 Å². The van der Waals surface area contributed by atoms with Crippen LogP contribution in [-0.2, 0) is 10.2 Å². The second-order valence-electron chi connectivity index (χ2n) is 6.20. The van der Waals surface area contributed by atoms with Gasteiger partial charge in [-0.05, 0) is 47.4 Å². The average Bonchev–Trinajstić information content (AvgIpc) is 2.46. The maximum Gasteiger partial charge on any atom is 0.300 e. The van der Waals surface area contributed by atoms with Crippen LogP contribution in [0.2, 0.25) is 0 Å². The molecule has 2 aromatic rings. The smallest absolute Gasteiger partial charge is 0.300 e. The molecule has 0 heterocycles. The lowest BCUT2D eigenvalue weighted by molar-refractivity contribution is -0.134. The van der Waals surface area contributed by atoms with Gasteiger partial charge in [-0.2, -0.15) is 0 Å². The topological polar surface area (TPSA) is 86.8 Å². The molecule has 0 aliphatic carbocycles. The van der Waals surface area contributed by atoms with Crippen molar-refractivity contribution < 1.29 is 15.0 Å². The second-order valence-corrected chi connectivity index (χ2v) is 6.20. The molecule has 4 N–H and O–H groups in total. The molecule has 0 bridgehead atoms. The molecule has 5 nitrogen and oxygen atoms in total. The van der Waals surface area contributed by atoms with E-state index in [0.29, 0.717) is 0 Å². The summed E-state index contributed by atoms with van der Waals surface area (Å²) in [4.78, 5) is 9.00. The van der Waals surface area contributed by atoms with Crippen molar-refractivity contribution in [2.24, 2.45) is 5.84 Å². The van der Waals surface area contributed by atoms with E-state index in [0.717, 1.165) is 18.3 Å². The molecule has 0 fully saturated rings. The van der Waals surface area contributed by atoms with E-state index in [2.05, 4.69) is 32.9 Å². The summed E-state index contributed by atoms with van der Waals surface area (Å²) in [6, 6.07) is 15.0.